The van der Waals surface area contributed by atoms with E-state index in [0.717, 1.165) is 47.7 Å². The van der Waals surface area contributed by atoms with Gasteiger partial charge in [0.05, 0.1) is 35.3 Å². The summed E-state index contributed by atoms with van der Waals surface area (Å²) in [4.78, 5) is 4.34. The summed E-state index contributed by atoms with van der Waals surface area (Å²) in [6.07, 6.45) is 5.60. The van der Waals surface area contributed by atoms with E-state index >= 15 is 0 Å². The maximum absolute atomic E-state index is 13.2. The molecule has 27 heavy (non-hydrogen) atoms. The Morgan fingerprint density at radius 1 is 1.15 bits per heavy atom. The van der Waals surface area contributed by atoms with Gasteiger partial charge in [-0.2, -0.15) is 5.10 Å². The van der Waals surface area contributed by atoms with Crippen LogP contribution in [0.3, 0.4) is 0 Å². The Hall–Kier alpha value is -2.47. The van der Waals surface area contributed by atoms with Gasteiger partial charge in [0.2, 0.25) is 0 Å². The number of aryl methyl sites for hydroxylation is 2. The van der Waals surface area contributed by atoms with Crippen LogP contribution in [-0.2, 0) is 6.54 Å². The Balaban J connectivity index is 1.88. The normalized spacial score (nSPS) is 11.9. The first-order valence-corrected chi connectivity index (χ1v) is 9.26. The fourth-order valence-electron chi connectivity index (χ4n) is 3.36. The molecule has 3 rings (SSSR count). The molecular weight excluding hydrogens is 343 g/mol. The van der Waals surface area contributed by atoms with E-state index in [0.29, 0.717) is 0 Å². The van der Waals surface area contributed by atoms with Crippen molar-refractivity contribution in [1.29, 1.82) is 0 Å². The molecule has 1 N–H and O–H groups in total. The molecule has 5 nitrogen and oxygen atoms in total. The van der Waals surface area contributed by atoms with Gasteiger partial charge in [-0.1, -0.05) is 13.8 Å². The van der Waals surface area contributed by atoms with Crippen molar-refractivity contribution < 1.29 is 9.50 Å². The summed E-state index contributed by atoms with van der Waals surface area (Å²) in [7, 11) is 0. The summed E-state index contributed by atoms with van der Waals surface area (Å²) in [6, 6.07) is 6.34. The first-order valence-electron chi connectivity index (χ1n) is 9.26. The molecule has 0 aliphatic rings. The third-order valence-corrected chi connectivity index (χ3v) is 5.01. The predicted octanol–water partition coefficient (Wildman–Crippen LogP) is 4.29. The van der Waals surface area contributed by atoms with Gasteiger partial charge in [-0.05, 0) is 56.4 Å². The number of hydrogen-bond donors (Lipinski definition) is 1. The Morgan fingerprint density at radius 3 is 2.52 bits per heavy atom. The van der Waals surface area contributed by atoms with Crippen LogP contribution in [0.2, 0.25) is 0 Å². The molecule has 0 saturated carbocycles. The second-order valence-electron chi connectivity index (χ2n) is 7.83. The molecule has 0 spiro atoms. The quantitative estimate of drug-likeness (QED) is 0.675. The molecular formula is C21H27FN4O. The number of aromatic nitrogens is 4. The molecule has 2 heterocycles. The smallest absolute Gasteiger partial charge is 0.123 e. The minimum absolute atomic E-state index is 0.0694. The van der Waals surface area contributed by atoms with Crippen LogP contribution < -0.4 is 0 Å². The van der Waals surface area contributed by atoms with E-state index in [2.05, 4.69) is 28.5 Å². The van der Waals surface area contributed by atoms with Crippen molar-refractivity contribution in [1.82, 2.24) is 19.3 Å². The molecule has 0 radical (unpaired) electrons. The van der Waals surface area contributed by atoms with E-state index in [-0.39, 0.29) is 17.8 Å². The lowest BCUT2D eigenvalue weighted by molar-refractivity contribution is 0.146. The number of nitrogens with zero attached hydrogens (tertiary/aromatic N) is 4. The Kier molecular flexibility index (Phi) is 5.46. The predicted molar refractivity (Wildman–Crippen MR) is 104 cm³/mol. The summed E-state index contributed by atoms with van der Waals surface area (Å²) in [5.41, 5.74) is 4.75. The van der Waals surface area contributed by atoms with Gasteiger partial charge in [0.1, 0.15) is 5.82 Å². The van der Waals surface area contributed by atoms with Crippen LogP contribution in [0.1, 0.15) is 38.1 Å². The largest absolute Gasteiger partial charge is 0.396 e. The Morgan fingerprint density at radius 2 is 1.85 bits per heavy atom. The van der Waals surface area contributed by atoms with Gasteiger partial charge in [-0.25, -0.2) is 14.1 Å². The molecule has 0 aliphatic heterocycles. The number of benzene rings is 1. The Bertz CT molecular complexity index is 909. The molecule has 0 bridgehead atoms. The molecule has 0 atom stereocenters. The third kappa shape index (κ3) is 4.11. The van der Waals surface area contributed by atoms with Crippen molar-refractivity contribution in [3.63, 3.8) is 0 Å². The van der Waals surface area contributed by atoms with Gasteiger partial charge < -0.3 is 9.67 Å². The zero-order chi connectivity index (χ0) is 19.6. The minimum Gasteiger partial charge on any atom is -0.396 e. The number of rotatable bonds is 7. The lowest BCUT2D eigenvalue weighted by atomic mass is 9.89. The van der Waals surface area contributed by atoms with Crippen molar-refractivity contribution in [2.24, 2.45) is 5.41 Å². The van der Waals surface area contributed by atoms with E-state index in [4.69, 9.17) is 0 Å². The fourth-order valence-corrected chi connectivity index (χ4v) is 3.36. The number of aliphatic hydroxyl groups excluding tert-OH is 1. The van der Waals surface area contributed by atoms with Gasteiger partial charge in [0, 0.05) is 18.7 Å². The molecule has 144 valence electrons. The molecule has 0 saturated heterocycles. The first-order chi connectivity index (χ1) is 12.8. The highest BCUT2D eigenvalue weighted by atomic mass is 19.1. The molecule has 1 aromatic carbocycles. The molecule has 0 fully saturated rings. The monoisotopic (exact) mass is 370 g/mol. The zero-order valence-corrected chi connectivity index (χ0v) is 16.4. The van der Waals surface area contributed by atoms with Crippen molar-refractivity contribution >= 4 is 0 Å². The number of imidazole rings is 1. The standard InChI is InChI=1S/C21H27FN4O/c1-15-20(16(2)26(24-15)18-8-6-17(22)7-9-18)19-12-23-14-25(19)11-5-10-21(3,4)13-27/h6-9,12,14,27H,5,10-11,13H2,1-4H3. The van der Waals surface area contributed by atoms with Gasteiger partial charge in [-0.15, -0.1) is 0 Å². The second kappa shape index (κ2) is 7.64. The van der Waals surface area contributed by atoms with Crippen molar-refractivity contribution in [2.45, 2.75) is 47.1 Å². The van der Waals surface area contributed by atoms with E-state index in [1.54, 1.807) is 12.1 Å². The van der Waals surface area contributed by atoms with Crippen molar-refractivity contribution in [3.05, 3.63) is 54.0 Å². The lowest BCUT2D eigenvalue weighted by Gasteiger charge is -2.21. The molecule has 0 aliphatic carbocycles. The summed E-state index contributed by atoms with van der Waals surface area (Å²) in [5, 5.41) is 14.1. The highest BCUT2D eigenvalue weighted by Gasteiger charge is 2.19. The summed E-state index contributed by atoms with van der Waals surface area (Å²) in [6.45, 7) is 9.16. The van der Waals surface area contributed by atoms with E-state index < -0.39 is 0 Å². The van der Waals surface area contributed by atoms with Crippen molar-refractivity contribution in [2.75, 3.05) is 6.61 Å². The molecule has 2 aromatic heterocycles. The molecule has 0 unspecified atom stereocenters. The van der Waals surface area contributed by atoms with Crippen LogP contribution in [0.5, 0.6) is 0 Å². The van der Waals surface area contributed by atoms with Crippen LogP contribution >= 0.6 is 0 Å². The summed E-state index contributed by atoms with van der Waals surface area (Å²) in [5.74, 6) is -0.260. The van der Waals surface area contributed by atoms with Crippen LogP contribution in [0.15, 0.2) is 36.8 Å². The number of halogens is 1. The van der Waals surface area contributed by atoms with Gasteiger partial charge >= 0.3 is 0 Å². The topological polar surface area (TPSA) is 55.9 Å². The van der Waals surface area contributed by atoms with Crippen LogP contribution in [0, 0.1) is 25.1 Å². The van der Waals surface area contributed by atoms with E-state index in [1.165, 1.54) is 12.1 Å². The fraction of sp³-hybridized carbons (Fsp3) is 0.429. The highest BCUT2D eigenvalue weighted by Crippen LogP contribution is 2.29. The van der Waals surface area contributed by atoms with Crippen LogP contribution in [0.25, 0.3) is 16.9 Å². The number of hydrogen-bond acceptors (Lipinski definition) is 3. The maximum atomic E-state index is 13.2. The SMILES string of the molecule is Cc1nn(-c2ccc(F)cc2)c(C)c1-c1cncn1CCCC(C)(C)CO. The highest BCUT2D eigenvalue weighted by molar-refractivity contribution is 5.65. The molecule has 3 aromatic rings. The van der Waals surface area contributed by atoms with E-state index in [1.807, 2.05) is 31.1 Å². The summed E-state index contributed by atoms with van der Waals surface area (Å²) >= 11 is 0. The average Bonchev–Trinajstić information content (AvgIpc) is 3.19. The zero-order valence-electron chi connectivity index (χ0n) is 16.4. The van der Waals surface area contributed by atoms with Crippen molar-refractivity contribution in [3.8, 4) is 16.9 Å². The van der Waals surface area contributed by atoms with E-state index in [9.17, 15) is 9.50 Å². The van der Waals surface area contributed by atoms with Crippen LogP contribution in [0.4, 0.5) is 4.39 Å². The molecule has 0 amide bonds. The lowest BCUT2D eigenvalue weighted by Crippen LogP contribution is -2.17. The third-order valence-electron chi connectivity index (χ3n) is 5.01. The van der Waals surface area contributed by atoms with Gasteiger partial charge in [-0.3, -0.25) is 0 Å². The second-order valence-corrected chi connectivity index (χ2v) is 7.83. The minimum atomic E-state index is -0.260. The summed E-state index contributed by atoms with van der Waals surface area (Å²) < 4.78 is 17.2. The maximum Gasteiger partial charge on any atom is 0.123 e. The van der Waals surface area contributed by atoms with Gasteiger partial charge in [0.15, 0.2) is 0 Å². The molecule has 6 heteroatoms. The number of aliphatic hydroxyl groups is 1. The average molecular weight is 370 g/mol. The van der Waals surface area contributed by atoms with Gasteiger partial charge in [0.25, 0.3) is 0 Å². The first kappa shape index (κ1) is 19.3. The van der Waals surface area contributed by atoms with Crippen LogP contribution in [-0.4, -0.2) is 31.0 Å². The Labute approximate surface area is 159 Å².